The fraction of sp³-hybridized carbons (Fsp3) is 0.200. The zero-order chi connectivity index (χ0) is 17.8. The fourth-order valence-corrected chi connectivity index (χ4v) is 2.67. The number of fused-ring (bicyclic) bond motifs is 1. The molecule has 0 unspecified atom stereocenters. The molecule has 0 saturated carbocycles. The summed E-state index contributed by atoms with van der Waals surface area (Å²) >= 11 is 0. The van der Waals surface area contributed by atoms with Crippen LogP contribution in [0.25, 0.3) is 11.3 Å². The van der Waals surface area contributed by atoms with Gasteiger partial charge in [0.1, 0.15) is 0 Å². The Labute approximate surface area is 150 Å². The first-order valence-electron chi connectivity index (χ1n) is 8.32. The Balaban J connectivity index is 1.27. The average Bonchev–Trinajstić information content (AvgIpc) is 3.34. The lowest BCUT2D eigenvalue weighted by Gasteiger charge is -2.04. The van der Waals surface area contributed by atoms with Crippen LogP contribution in [0.15, 0.2) is 59.1 Å². The molecule has 6 heteroatoms. The summed E-state index contributed by atoms with van der Waals surface area (Å²) in [6, 6.07) is 15.3. The highest BCUT2D eigenvalue weighted by Gasteiger charge is 2.14. The maximum absolute atomic E-state index is 12.0. The van der Waals surface area contributed by atoms with Crippen molar-refractivity contribution in [1.82, 2.24) is 4.98 Å². The van der Waals surface area contributed by atoms with Gasteiger partial charge in [-0.25, -0.2) is 4.98 Å². The van der Waals surface area contributed by atoms with Crippen LogP contribution < -0.4 is 9.47 Å². The van der Waals surface area contributed by atoms with Crippen LogP contribution in [0.3, 0.4) is 0 Å². The van der Waals surface area contributed by atoms with Gasteiger partial charge >= 0.3 is 5.97 Å². The number of ether oxygens (including phenoxy) is 3. The maximum atomic E-state index is 12.0. The van der Waals surface area contributed by atoms with Gasteiger partial charge in [-0.3, -0.25) is 4.79 Å². The molecular weight excluding hydrogens is 334 g/mol. The molecule has 0 radical (unpaired) electrons. The van der Waals surface area contributed by atoms with E-state index in [2.05, 4.69) is 4.98 Å². The fourth-order valence-electron chi connectivity index (χ4n) is 2.67. The largest absolute Gasteiger partial charge is 0.456 e. The summed E-state index contributed by atoms with van der Waals surface area (Å²) in [5, 5.41) is 0. The van der Waals surface area contributed by atoms with E-state index in [0.717, 1.165) is 16.9 Å². The Kier molecular flexibility index (Phi) is 4.55. The third-order valence-electron chi connectivity index (χ3n) is 4.02. The minimum Gasteiger partial charge on any atom is -0.456 e. The number of hydrogen-bond acceptors (Lipinski definition) is 6. The van der Waals surface area contributed by atoms with Crippen LogP contribution in [0.4, 0.5) is 0 Å². The first-order chi connectivity index (χ1) is 12.8. The van der Waals surface area contributed by atoms with Gasteiger partial charge in [0.05, 0.1) is 6.20 Å². The first-order valence-corrected chi connectivity index (χ1v) is 8.32. The number of carbonyl (C=O) groups excluding carboxylic acids is 1. The van der Waals surface area contributed by atoms with Crippen LogP contribution >= 0.6 is 0 Å². The summed E-state index contributed by atoms with van der Waals surface area (Å²) in [6.07, 6.45) is 2.47. The van der Waals surface area contributed by atoms with Gasteiger partial charge in [-0.2, -0.15) is 0 Å². The Morgan fingerprint density at radius 2 is 1.92 bits per heavy atom. The number of hydrogen-bond donors (Lipinski definition) is 0. The third-order valence-corrected chi connectivity index (χ3v) is 4.02. The van der Waals surface area contributed by atoms with Crippen molar-refractivity contribution in [3.63, 3.8) is 0 Å². The number of rotatable bonds is 6. The van der Waals surface area contributed by atoms with Gasteiger partial charge in [0.15, 0.2) is 23.9 Å². The molecule has 0 fully saturated rings. The minimum absolute atomic E-state index is 0.0206. The normalized spacial score (nSPS) is 12.2. The lowest BCUT2D eigenvalue weighted by molar-refractivity contribution is -0.145. The molecule has 1 aromatic heterocycles. The molecule has 132 valence electrons. The number of aromatic nitrogens is 1. The molecule has 0 spiro atoms. The molecular formula is C20H17NO5. The van der Waals surface area contributed by atoms with Crippen LogP contribution in [0, 0.1) is 0 Å². The van der Waals surface area contributed by atoms with E-state index >= 15 is 0 Å². The van der Waals surface area contributed by atoms with Gasteiger partial charge in [0.25, 0.3) is 0 Å². The van der Waals surface area contributed by atoms with Crippen LogP contribution in [0.1, 0.15) is 17.9 Å². The molecule has 1 aliphatic rings. The highest BCUT2D eigenvalue weighted by atomic mass is 16.7. The molecule has 0 saturated heterocycles. The molecule has 2 heterocycles. The molecule has 0 atom stereocenters. The van der Waals surface area contributed by atoms with Crippen LogP contribution in [-0.2, 0) is 22.6 Å². The number of carbonyl (C=O) groups is 1. The first kappa shape index (κ1) is 16.2. The summed E-state index contributed by atoms with van der Waals surface area (Å²) in [4.78, 5) is 16.1. The second-order valence-corrected chi connectivity index (χ2v) is 5.83. The van der Waals surface area contributed by atoms with Crippen LogP contribution in [-0.4, -0.2) is 17.7 Å². The monoisotopic (exact) mass is 351 g/mol. The second-order valence-electron chi connectivity index (χ2n) is 5.83. The molecule has 4 rings (SSSR count). The molecule has 2 aromatic carbocycles. The predicted octanol–water partition coefficient (Wildman–Crippen LogP) is 3.75. The van der Waals surface area contributed by atoms with E-state index in [1.54, 1.807) is 6.20 Å². The van der Waals surface area contributed by atoms with Crippen LogP contribution in [0.5, 0.6) is 11.5 Å². The Morgan fingerprint density at radius 1 is 1.08 bits per heavy atom. The maximum Gasteiger partial charge on any atom is 0.306 e. The predicted molar refractivity (Wildman–Crippen MR) is 92.6 cm³/mol. The van der Waals surface area contributed by atoms with E-state index in [4.69, 9.17) is 18.6 Å². The quantitative estimate of drug-likeness (QED) is 0.630. The summed E-state index contributed by atoms with van der Waals surface area (Å²) in [7, 11) is 0. The number of esters is 1. The van der Waals surface area contributed by atoms with Crippen molar-refractivity contribution in [2.45, 2.75) is 19.4 Å². The van der Waals surface area contributed by atoms with E-state index in [0.29, 0.717) is 23.8 Å². The topological polar surface area (TPSA) is 70.8 Å². The summed E-state index contributed by atoms with van der Waals surface area (Å²) < 4.78 is 21.5. The SMILES string of the molecule is O=C(CCc1ccc2c(c1)OCO2)OCc1ncc(-c2ccccc2)o1. The van der Waals surface area contributed by atoms with E-state index in [1.165, 1.54) is 0 Å². The van der Waals surface area contributed by atoms with Crippen LogP contribution in [0.2, 0.25) is 0 Å². The van der Waals surface area contributed by atoms with Gasteiger partial charge in [-0.1, -0.05) is 36.4 Å². The number of aryl methyl sites for hydroxylation is 1. The molecule has 0 N–H and O–H groups in total. The summed E-state index contributed by atoms with van der Waals surface area (Å²) in [5.74, 6) is 2.16. The van der Waals surface area contributed by atoms with Gasteiger partial charge in [-0.05, 0) is 24.1 Å². The van der Waals surface area contributed by atoms with Crippen molar-refractivity contribution in [1.29, 1.82) is 0 Å². The van der Waals surface area contributed by atoms with Gasteiger partial charge in [0, 0.05) is 12.0 Å². The molecule has 0 bridgehead atoms. The molecule has 1 aliphatic heterocycles. The molecule has 0 amide bonds. The Morgan fingerprint density at radius 3 is 2.81 bits per heavy atom. The van der Waals surface area contributed by atoms with Crippen molar-refractivity contribution in [3.8, 4) is 22.8 Å². The van der Waals surface area contributed by atoms with E-state index in [1.807, 2.05) is 48.5 Å². The number of oxazole rings is 1. The number of nitrogens with zero attached hydrogens (tertiary/aromatic N) is 1. The average molecular weight is 351 g/mol. The zero-order valence-electron chi connectivity index (χ0n) is 14.0. The Hall–Kier alpha value is -3.28. The van der Waals surface area contributed by atoms with Crippen molar-refractivity contribution in [3.05, 3.63) is 66.2 Å². The minimum atomic E-state index is -0.304. The van der Waals surface area contributed by atoms with E-state index in [9.17, 15) is 4.79 Å². The van der Waals surface area contributed by atoms with Gasteiger partial charge in [-0.15, -0.1) is 0 Å². The summed E-state index contributed by atoms with van der Waals surface area (Å²) in [6.45, 7) is 0.259. The lowest BCUT2D eigenvalue weighted by atomic mass is 10.1. The van der Waals surface area contributed by atoms with Gasteiger partial charge in [0.2, 0.25) is 12.7 Å². The molecule has 26 heavy (non-hydrogen) atoms. The third kappa shape index (κ3) is 3.69. The Bertz CT molecular complexity index is 904. The van der Waals surface area contributed by atoms with E-state index in [-0.39, 0.29) is 25.8 Å². The molecule has 3 aromatic rings. The smallest absolute Gasteiger partial charge is 0.306 e. The summed E-state index contributed by atoms with van der Waals surface area (Å²) in [5.41, 5.74) is 1.93. The lowest BCUT2D eigenvalue weighted by Crippen LogP contribution is -2.06. The highest BCUT2D eigenvalue weighted by Crippen LogP contribution is 2.32. The zero-order valence-corrected chi connectivity index (χ0v) is 14.0. The van der Waals surface area contributed by atoms with Crippen molar-refractivity contribution in [2.75, 3.05) is 6.79 Å². The molecule has 6 nitrogen and oxygen atoms in total. The van der Waals surface area contributed by atoms with E-state index < -0.39 is 0 Å². The van der Waals surface area contributed by atoms with Crippen molar-refractivity contribution >= 4 is 5.97 Å². The standard InChI is InChI=1S/C20H17NO5/c22-20(9-7-14-6-8-16-17(10-14)25-13-24-16)23-12-19-21-11-18(26-19)15-4-2-1-3-5-15/h1-6,8,10-11H,7,9,12-13H2. The van der Waals surface area contributed by atoms with Crippen molar-refractivity contribution in [2.24, 2.45) is 0 Å². The van der Waals surface area contributed by atoms with Gasteiger partial charge < -0.3 is 18.6 Å². The number of benzene rings is 2. The second kappa shape index (κ2) is 7.31. The highest BCUT2D eigenvalue weighted by molar-refractivity contribution is 5.69. The molecule has 0 aliphatic carbocycles. The van der Waals surface area contributed by atoms with Crippen molar-refractivity contribution < 1.29 is 23.4 Å².